The minimum absolute atomic E-state index is 0.0421. The van der Waals surface area contributed by atoms with Gasteiger partial charge in [0.2, 0.25) is 11.8 Å². The number of imidazole rings is 1. The number of anilines is 1. The second kappa shape index (κ2) is 7.88. The van der Waals surface area contributed by atoms with Gasteiger partial charge in [-0.2, -0.15) is 23.1 Å². The fourth-order valence-corrected chi connectivity index (χ4v) is 3.35. The van der Waals surface area contributed by atoms with Crippen LogP contribution in [0.5, 0.6) is 5.88 Å². The van der Waals surface area contributed by atoms with E-state index < -0.39 is 25.2 Å². The van der Waals surface area contributed by atoms with Gasteiger partial charge in [-0.15, -0.1) is 0 Å². The number of methoxy groups -OCH3 is 1. The molecule has 0 aromatic carbocycles. The number of alkyl halides is 5. The Hall–Kier alpha value is -3.51. The molecule has 0 spiro atoms. The summed E-state index contributed by atoms with van der Waals surface area (Å²) in [5.74, 6) is 0.187. The number of aromatic nitrogens is 6. The maximum atomic E-state index is 13.0. The molecule has 1 unspecified atom stereocenters. The molecule has 0 aliphatic rings. The van der Waals surface area contributed by atoms with Crippen LogP contribution >= 0.6 is 0 Å². The van der Waals surface area contributed by atoms with Gasteiger partial charge < -0.3 is 19.6 Å². The highest BCUT2D eigenvalue weighted by molar-refractivity contribution is 5.98. The quantitative estimate of drug-likeness (QED) is 0.421. The minimum Gasteiger partial charge on any atom is -0.480 e. The van der Waals surface area contributed by atoms with Crippen LogP contribution in [0.4, 0.5) is 27.9 Å². The van der Waals surface area contributed by atoms with Gasteiger partial charge in [0.1, 0.15) is 17.5 Å². The molecule has 0 fully saturated rings. The molecule has 0 saturated carbocycles. The van der Waals surface area contributed by atoms with Crippen molar-refractivity contribution in [2.75, 3.05) is 12.4 Å². The molecule has 170 valence electrons. The molecule has 4 aromatic heterocycles. The number of aryl methyl sites for hydroxylation is 1. The number of hydrogen-bond donors (Lipinski definition) is 2. The topological polar surface area (TPSA) is 93.5 Å². The van der Waals surface area contributed by atoms with Crippen LogP contribution in [0.1, 0.15) is 12.7 Å². The second-order valence-electron chi connectivity index (χ2n) is 7.12. The van der Waals surface area contributed by atoms with Gasteiger partial charge in [0.15, 0.2) is 5.65 Å². The van der Waals surface area contributed by atoms with Gasteiger partial charge in [-0.05, 0) is 19.9 Å². The first-order valence-electron chi connectivity index (χ1n) is 9.46. The molecule has 2 N–H and O–H groups in total. The lowest BCUT2D eigenvalue weighted by atomic mass is 10.1. The van der Waals surface area contributed by atoms with E-state index in [1.54, 1.807) is 19.2 Å². The van der Waals surface area contributed by atoms with Crippen LogP contribution in [-0.4, -0.2) is 55.2 Å². The van der Waals surface area contributed by atoms with Crippen LogP contribution in [0, 0.1) is 6.92 Å². The molecular weight excluding hydrogens is 437 g/mol. The maximum Gasteiger partial charge on any atom is 0.408 e. The van der Waals surface area contributed by atoms with Crippen molar-refractivity contribution in [3.63, 3.8) is 0 Å². The summed E-state index contributed by atoms with van der Waals surface area (Å²) in [5, 5.41) is 2.62. The lowest BCUT2D eigenvalue weighted by Gasteiger charge is -2.17. The first-order chi connectivity index (χ1) is 15.1. The predicted octanol–water partition coefficient (Wildman–Crippen LogP) is 4.31. The predicted molar refractivity (Wildman–Crippen MR) is 107 cm³/mol. The van der Waals surface area contributed by atoms with Crippen LogP contribution in [0.15, 0.2) is 18.5 Å². The number of nitrogens with one attached hydrogen (secondary N) is 2. The highest BCUT2D eigenvalue weighted by Crippen LogP contribution is 2.35. The zero-order chi connectivity index (χ0) is 23.2. The van der Waals surface area contributed by atoms with Crippen molar-refractivity contribution in [2.24, 2.45) is 0 Å². The number of aromatic amines is 1. The Bertz CT molecular complexity index is 1280. The Morgan fingerprint density at radius 1 is 1.22 bits per heavy atom. The number of H-pyrrole nitrogens is 1. The molecule has 13 heteroatoms. The number of fused-ring (bicyclic) bond motifs is 2. The van der Waals surface area contributed by atoms with Gasteiger partial charge in [-0.3, -0.25) is 0 Å². The molecule has 0 aliphatic heterocycles. The van der Waals surface area contributed by atoms with Crippen molar-refractivity contribution in [1.82, 2.24) is 29.5 Å². The third kappa shape index (κ3) is 3.89. The molecule has 4 rings (SSSR count). The number of halogens is 5. The molecule has 1 atom stereocenters. The van der Waals surface area contributed by atoms with E-state index in [0.29, 0.717) is 33.5 Å². The number of hydrogen-bond acceptors (Lipinski definition) is 6. The summed E-state index contributed by atoms with van der Waals surface area (Å²) in [4.78, 5) is 19.5. The van der Waals surface area contributed by atoms with Gasteiger partial charge in [0, 0.05) is 23.5 Å². The second-order valence-corrected chi connectivity index (χ2v) is 7.12. The van der Waals surface area contributed by atoms with E-state index in [2.05, 4.69) is 30.2 Å². The van der Waals surface area contributed by atoms with E-state index in [1.165, 1.54) is 17.9 Å². The third-order valence-electron chi connectivity index (χ3n) is 4.96. The smallest absolute Gasteiger partial charge is 0.408 e. The number of nitrogens with zero attached hydrogens (tertiary/aromatic N) is 5. The van der Waals surface area contributed by atoms with Crippen molar-refractivity contribution in [3.05, 3.63) is 24.3 Å². The Kier molecular flexibility index (Phi) is 5.34. The van der Waals surface area contributed by atoms with Crippen LogP contribution in [0.3, 0.4) is 0 Å². The molecule has 32 heavy (non-hydrogen) atoms. The van der Waals surface area contributed by atoms with Crippen LogP contribution in [0.25, 0.3) is 33.3 Å². The third-order valence-corrected chi connectivity index (χ3v) is 4.96. The summed E-state index contributed by atoms with van der Waals surface area (Å²) in [6.45, 7) is 2.04. The molecule has 0 saturated heterocycles. The van der Waals surface area contributed by atoms with Gasteiger partial charge >= 0.3 is 6.18 Å². The largest absolute Gasteiger partial charge is 0.480 e. The van der Waals surface area contributed by atoms with E-state index in [9.17, 15) is 22.0 Å². The van der Waals surface area contributed by atoms with Crippen LogP contribution in [0.2, 0.25) is 0 Å². The lowest BCUT2D eigenvalue weighted by molar-refractivity contribution is -0.138. The minimum atomic E-state index is -4.48. The molecule has 0 bridgehead atoms. The molecule has 8 nitrogen and oxygen atoms in total. The van der Waals surface area contributed by atoms with Crippen molar-refractivity contribution in [1.29, 1.82) is 0 Å². The standard InChI is InChI=1S/C19H18F5N7O/c1-8(19(22,23)24)27-18-29-16-14(17(30-18)32-3)11(6-26-16)10-4-12-15(25-5-10)28-9(2)31(12)7-13(20)21/h4-6,8,13H,7H2,1-3H3,(H2,26,27,29,30). The van der Waals surface area contributed by atoms with E-state index in [-0.39, 0.29) is 17.5 Å². The normalized spacial score (nSPS) is 13.3. The fourth-order valence-electron chi connectivity index (χ4n) is 3.35. The number of pyridine rings is 1. The molecular formula is C19H18F5N7O. The monoisotopic (exact) mass is 455 g/mol. The zero-order valence-electron chi connectivity index (χ0n) is 17.1. The van der Waals surface area contributed by atoms with E-state index in [0.717, 1.165) is 6.92 Å². The van der Waals surface area contributed by atoms with Crippen molar-refractivity contribution in [3.8, 4) is 17.0 Å². The fraction of sp³-hybridized carbons (Fsp3) is 0.368. The summed E-state index contributed by atoms with van der Waals surface area (Å²) < 4.78 is 71.3. The number of ether oxygens (including phenoxy) is 1. The summed E-state index contributed by atoms with van der Waals surface area (Å²) in [5.41, 5.74) is 2.07. The first kappa shape index (κ1) is 21.7. The average molecular weight is 455 g/mol. The Balaban J connectivity index is 1.80. The van der Waals surface area contributed by atoms with E-state index >= 15 is 0 Å². The summed E-state index contributed by atoms with van der Waals surface area (Å²) in [6.07, 6.45) is -3.96. The summed E-state index contributed by atoms with van der Waals surface area (Å²) in [7, 11) is 1.33. The molecule has 4 aromatic rings. The van der Waals surface area contributed by atoms with Crippen LogP contribution in [-0.2, 0) is 6.54 Å². The van der Waals surface area contributed by atoms with Crippen molar-refractivity contribution < 1.29 is 26.7 Å². The van der Waals surface area contributed by atoms with Crippen molar-refractivity contribution in [2.45, 2.75) is 39.0 Å². The van der Waals surface area contributed by atoms with E-state index in [1.807, 2.05) is 0 Å². The van der Waals surface area contributed by atoms with Crippen molar-refractivity contribution >= 4 is 28.1 Å². The molecule has 0 aliphatic carbocycles. The van der Waals surface area contributed by atoms with Gasteiger partial charge in [-0.25, -0.2) is 18.7 Å². The highest BCUT2D eigenvalue weighted by atomic mass is 19.4. The number of rotatable bonds is 6. The van der Waals surface area contributed by atoms with Gasteiger partial charge in [-0.1, -0.05) is 0 Å². The molecule has 4 heterocycles. The Labute approximate surface area is 177 Å². The molecule has 0 radical (unpaired) electrons. The lowest BCUT2D eigenvalue weighted by Crippen LogP contribution is -2.33. The Morgan fingerprint density at radius 2 is 1.97 bits per heavy atom. The summed E-state index contributed by atoms with van der Waals surface area (Å²) >= 11 is 0. The highest BCUT2D eigenvalue weighted by Gasteiger charge is 2.36. The SMILES string of the molecule is COc1nc(NC(C)C(F)(F)F)nc2[nH]cc(-c3cnc4nc(C)n(CC(F)F)c4c3)c12. The van der Waals surface area contributed by atoms with Gasteiger partial charge in [0.05, 0.1) is 24.6 Å². The maximum absolute atomic E-state index is 13.0. The summed E-state index contributed by atoms with van der Waals surface area (Å²) in [6, 6.07) is -0.214. The van der Waals surface area contributed by atoms with Crippen LogP contribution < -0.4 is 10.1 Å². The average Bonchev–Trinajstić information content (AvgIpc) is 3.27. The Morgan fingerprint density at radius 3 is 2.62 bits per heavy atom. The molecule has 0 amide bonds. The first-order valence-corrected chi connectivity index (χ1v) is 9.46. The van der Waals surface area contributed by atoms with Gasteiger partial charge in [0.25, 0.3) is 6.43 Å². The van der Waals surface area contributed by atoms with E-state index in [4.69, 9.17) is 4.74 Å². The zero-order valence-corrected chi connectivity index (χ0v) is 17.1.